The smallest absolute Gasteiger partial charge is 0.322 e. The van der Waals surface area contributed by atoms with Crippen LogP contribution in [0.15, 0.2) is 34.2 Å². The lowest BCUT2D eigenvalue weighted by Crippen LogP contribution is -2.16. The zero-order valence-corrected chi connectivity index (χ0v) is 10.7. The first-order chi connectivity index (χ1) is 9.24. The van der Waals surface area contributed by atoms with Gasteiger partial charge in [-0.05, 0) is 17.5 Å². The van der Waals surface area contributed by atoms with E-state index >= 15 is 0 Å². The van der Waals surface area contributed by atoms with Crippen LogP contribution in [0.4, 0.5) is 6.01 Å². The second kappa shape index (κ2) is 4.65. The molecule has 0 fully saturated rings. The second-order valence-corrected chi connectivity index (χ2v) is 4.63. The summed E-state index contributed by atoms with van der Waals surface area (Å²) in [6.07, 6.45) is 1.54. The van der Waals surface area contributed by atoms with E-state index in [9.17, 15) is 4.79 Å². The van der Waals surface area contributed by atoms with Crippen molar-refractivity contribution >= 4 is 23.3 Å². The second-order valence-electron chi connectivity index (χ2n) is 3.68. The SMILES string of the molecule is Cn1nccc1C(=O)Nc1nnc(-c2cccs2)o1. The topological polar surface area (TPSA) is 85.8 Å². The van der Waals surface area contributed by atoms with Crippen molar-refractivity contribution < 1.29 is 9.21 Å². The molecule has 7 nitrogen and oxygen atoms in total. The molecule has 96 valence electrons. The Hall–Kier alpha value is -2.48. The van der Waals surface area contributed by atoms with Crippen molar-refractivity contribution in [1.29, 1.82) is 0 Å². The Morgan fingerprint density at radius 1 is 1.42 bits per heavy atom. The quantitative estimate of drug-likeness (QED) is 0.787. The van der Waals surface area contributed by atoms with Crippen LogP contribution in [0.5, 0.6) is 0 Å². The molecule has 8 heteroatoms. The lowest BCUT2D eigenvalue weighted by Gasteiger charge is -1.99. The number of hydrogen-bond donors (Lipinski definition) is 1. The Balaban J connectivity index is 1.78. The van der Waals surface area contributed by atoms with E-state index in [1.165, 1.54) is 16.0 Å². The Bertz CT molecular complexity index is 700. The fourth-order valence-electron chi connectivity index (χ4n) is 1.53. The van der Waals surface area contributed by atoms with Crippen molar-refractivity contribution in [2.24, 2.45) is 7.05 Å². The summed E-state index contributed by atoms with van der Waals surface area (Å²) in [5, 5.41) is 16.0. The molecule has 0 saturated heterocycles. The monoisotopic (exact) mass is 275 g/mol. The van der Waals surface area contributed by atoms with E-state index < -0.39 is 0 Å². The van der Waals surface area contributed by atoms with Crippen molar-refractivity contribution in [2.75, 3.05) is 5.32 Å². The summed E-state index contributed by atoms with van der Waals surface area (Å²) in [6.45, 7) is 0. The zero-order chi connectivity index (χ0) is 13.2. The van der Waals surface area contributed by atoms with Gasteiger partial charge in [0.15, 0.2) is 0 Å². The van der Waals surface area contributed by atoms with Crippen LogP contribution in [0.2, 0.25) is 0 Å². The summed E-state index contributed by atoms with van der Waals surface area (Å²) in [4.78, 5) is 12.7. The summed E-state index contributed by atoms with van der Waals surface area (Å²) in [5.41, 5.74) is 0.413. The van der Waals surface area contributed by atoms with Crippen LogP contribution >= 0.6 is 11.3 Å². The first-order valence-corrected chi connectivity index (χ1v) is 6.29. The van der Waals surface area contributed by atoms with Crippen molar-refractivity contribution in [1.82, 2.24) is 20.0 Å². The number of carbonyl (C=O) groups excluding carboxylic acids is 1. The molecule has 1 amide bonds. The summed E-state index contributed by atoms with van der Waals surface area (Å²) < 4.78 is 6.83. The van der Waals surface area contributed by atoms with Crippen LogP contribution in [0.3, 0.4) is 0 Å². The van der Waals surface area contributed by atoms with Gasteiger partial charge in [0, 0.05) is 13.2 Å². The molecule has 0 aromatic carbocycles. The van der Waals surface area contributed by atoms with Crippen molar-refractivity contribution in [2.45, 2.75) is 0 Å². The molecule has 0 aliphatic heterocycles. The number of anilines is 1. The van der Waals surface area contributed by atoms with Crippen molar-refractivity contribution in [3.8, 4) is 10.8 Å². The van der Waals surface area contributed by atoms with Gasteiger partial charge in [-0.1, -0.05) is 11.2 Å². The van der Waals surface area contributed by atoms with Gasteiger partial charge in [-0.2, -0.15) is 5.10 Å². The molecule has 0 aliphatic carbocycles. The summed E-state index contributed by atoms with van der Waals surface area (Å²) in [5.74, 6) is 0.0386. The highest BCUT2D eigenvalue weighted by molar-refractivity contribution is 7.13. The molecule has 0 aliphatic rings. The highest BCUT2D eigenvalue weighted by Crippen LogP contribution is 2.24. The number of hydrogen-bond acceptors (Lipinski definition) is 6. The first kappa shape index (κ1) is 11.6. The molecule has 0 atom stereocenters. The third-order valence-electron chi connectivity index (χ3n) is 2.43. The van der Waals surface area contributed by atoms with Gasteiger partial charge < -0.3 is 4.42 Å². The number of carbonyl (C=O) groups is 1. The van der Waals surface area contributed by atoms with Gasteiger partial charge in [0.1, 0.15) is 5.69 Å². The third kappa shape index (κ3) is 2.25. The van der Waals surface area contributed by atoms with Crippen LogP contribution in [0.25, 0.3) is 10.8 Å². The molecular weight excluding hydrogens is 266 g/mol. The lowest BCUT2D eigenvalue weighted by molar-refractivity contribution is 0.101. The van der Waals surface area contributed by atoms with Gasteiger partial charge in [-0.15, -0.1) is 16.4 Å². The number of nitrogens with zero attached hydrogens (tertiary/aromatic N) is 4. The fraction of sp³-hybridized carbons (Fsp3) is 0.0909. The van der Waals surface area contributed by atoms with E-state index in [2.05, 4.69) is 20.6 Å². The molecular formula is C11H9N5O2S. The molecule has 0 spiro atoms. The van der Waals surface area contributed by atoms with Gasteiger partial charge in [0.25, 0.3) is 11.8 Å². The van der Waals surface area contributed by atoms with Gasteiger partial charge >= 0.3 is 6.01 Å². The van der Waals surface area contributed by atoms with Crippen LogP contribution in [0, 0.1) is 0 Å². The maximum Gasteiger partial charge on any atom is 0.322 e. The standard InChI is InChI=1S/C11H9N5O2S/c1-16-7(4-5-12-16)9(17)13-11-15-14-10(18-11)8-3-2-6-19-8/h2-6H,1H3,(H,13,15,17). The van der Waals surface area contributed by atoms with Crippen LogP contribution in [-0.4, -0.2) is 25.9 Å². The maximum atomic E-state index is 11.9. The maximum absolute atomic E-state index is 11.9. The van der Waals surface area contributed by atoms with Crippen LogP contribution < -0.4 is 5.32 Å². The van der Waals surface area contributed by atoms with E-state index in [0.717, 1.165) is 4.88 Å². The highest BCUT2D eigenvalue weighted by Gasteiger charge is 2.15. The number of nitrogens with one attached hydrogen (secondary N) is 1. The molecule has 3 heterocycles. The lowest BCUT2D eigenvalue weighted by atomic mass is 10.4. The summed E-state index contributed by atoms with van der Waals surface area (Å²) in [6, 6.07) is 5.42. The number of rotatable bonds is 3. The Morgan fingerprint density at radius 3 is 3.00 bits per heavy atom. The van der Waals surface area contributed by atoms with Crippen molar-refractivity contribution in [3.05, 3.63) is 35.5 Å². The summed E-state index contributed by atoms with van der Waals surface area (Å²) in [7, 11) is 1.68. The van der Waals surface area contributed by atoms with E-state index in [1.54, 1.807) is 19.3 Å². The molecule has 0 radical (unpaired) electrons. The minimum Gasteiger partial charge on any atom is -0.402 e. The Kier molecular flexibility index (Phi) is 2.84. The first-order valence-electron chi connectivity index (χ1n) is 5.41. The minimum atomic E-state index is -0.346. The van der Waals surface area contributed by atoms with Gasteiger partial charge in [-0.25, -0.2) is 0 Å². The Morgan fingerprint density at radius 2 is 2.32 bits per heavy atom. The third-order valence-corrected chi connectivity index (χ3v) is 3.29. The average Bonchev–Trinajstić information content (AvgIpc) is 3.07. The molecule has 19 heavy (non-hydrogen) atoms. The number of thiophene rings is 1. The predicted octanol–water partition coefficient (Wildman–Crippen LogP) is 1.78. The number of aryl methyl sites for hydroxylation is 1. The molecule has 0 bridgehead atoms. The van der Waals surface area contributed by atoms with E-state index in [-0.39, 0.29) is 11.9 Å². The van der Waals surface area contributed by atoms with Crippen LogP contribution in [0.1, 0.15) is 10.5 Å². The number of aromatic nitrogens is 4. The van der Waals surface area contributed by atoms with Crippen LogP contribution in [-0.2, 0) is 7.05 Å². The van der Waals surface area contributed by atoms with E-state index in [4.69, 9.17) is 4.42 Å². The molecule has 0 saturated carbocycles. The van der Waals surface area contributed by atoms with Gasteiger partial charge in [-0.3, -0.25) is 14.8 Å². The normalized spacial score (nSPS) is 10.6. The molecule has 1 N–H and O–H groups in total. The Labute approximate surface area is 111 Å². The molecule has 0 unspecified atom stereocenters. The highest BCUT2D eigenvalue weighted by atomic mass is 32.1. The average molecular weight is 275 g/mol. The van der Waals surface area contributed by atoms with Crippen molar-refractivity contribution in [3.63, 3.8) is 0 Å². The largest absolute Gasteiger partial charge is 0.402 e. The zero-order valence-electron chi connectivity index (χ0n) is 9.90. The molecule has 3 aromatic heterocycles. The molecule has 3 rings (SSSR count). The van der Waals surface area contributed by atoms with Gasteiger partial charge in [0.05, 0.1) is 4.88 Å². The van der Waals surface area contributed by atoms with E-state index in [0.29, 0.717) is 11.6 Å². The molecule has 3 aromatic rings. The number of amides is 1. The summed E-state index contributed by atoms with van der Waals surface area (Å²) >= 11 is 1.49. The fourth-order valence-corrected chi connectivity index (χ4v) is 2.18. The minimum absolute atomic E-state index is 0.0644. The van der Waals surface area contributed by atoms with E-state index in [1.807, 2.05) is 17.5 Å². The predicted molar refractivity (Wildman–Crippen MR) is 68.8 cm³/mol. The van der Waals surface area contributed by atoms with Gasteiger partial charge in [0.2, 0.25) is 0 Å².